The number of carbonyl (C=O) groups excluding carboxylic acids is 1. The fourth-order valence-electron chi connectivity index (χ4n) is 2.59. The molecule has 0 aliphatic carbocycles. The Hall–Kier alpha value is -2.95. The average Bonchev–Trinajstić information content (AvgIpc) is 3.05. The van der Waals surface area contributed by atoms with Gasteiger partial charge in [-0.15, -0.1) is 0 Å². The second-order valence-corrected chi connectivity index (χ2v) is 5.77. The molecule has 2 N–H and O–H groups in total. The standard InChI is InChI=1S/C19H18FN3O/c1-12-4-3-5-15(10-12)18-17(11-21-23-18)19(24)22-13(2)14-6-8-16(20)9-7-14/h3-11,13H,1-2H3,(H,21,23)(H,22,24)/t13-/m0/s1. The number of halogens is 1. The summed E-state index contributed by atoms with van der Waals surface area (Å²) < 4.78 is 13.0. The van der Waals surface area contributed by atoms with Crippen molar-refractivity contribution in [3.05, 3.63) is 77.2 Å². The predicted molar refractivity (Wildman–Crippen MR) is 91.0 cm³/mol. The van der Waals surface area contributed by atoms with Crippen molar-refractivity contribution in [3.8, 4) is 11.3 Å². The first kappa shape index (κ1) is 15.9. The number of hydrogen-bond donors (Lipinski definition) is 2. The smallest absolute Gasteiger partial charge is 0.255 e. The third-order valence-electron chi connectivity index (χ3n) is 3.91. The Kier molecular flexibility index (Phi) is 4.42. The van der Waals surface area contributed by atoms with Crippen molar-refractivity contribution in [3.63, 3.8) is 0 Å². The molecule has 1 amide bonds. The summed E-state index contributed by atoms with van der Waals surface area (Å²) in [4.78, 5) is 12.6. The third kappa shape index (κ3) is 3.35. The zero-order chi connectivity index (χ0) is 17.1. The van der Waals surface area contributed by atoms with E-state index in [9.17, 15) is 9.18 Å². The van der Waals surface area contributed by atoms with Gasteiger partial charge >= 0.3 is 0 Å². The lowest BCUT2D eigenvalue weighted by molar-refractivity contribution is 0.0940. The Morgan fingerprint density at radius 3 is 2.67 bits per heavy atom. The zero-order valence-corrected chi connectivity index (χ0v) is 13.5. The minimum Gasteiger partial charge on any atom is -0.345 e. The molecule has 0 saturated carbocycles. The fraction of sp³-hybridized carbons (Fsp3) is 0.158. The predicted octanol–water partition coefficient (Wildman–Crippen LogP) is 4.02. The second-order valence-electron chi connectivity index (χ2n) is 5.77. The summed E-state index contributed by atoms with van der Waals surface area (Å²) in [6.45, 7) is 3.85. The Labute approximate surface area is 139 Å². The van der Waals surface area contributed by atoms with Crippen LogP contribution in [0.2, 0.25) is 0 Å². The van der Waals surface area contributed by atoms with Crippen molar-refractivity contribution in [2.24, 2.45) is 0 Å². The van der Waals surface area contributed by atoms with E-state index in [-0.39, 0.29) is 17.8 Å². The van der Waals surface area contributed by atoms with Gasteiger partial charge in [0.15, 0.2) is 0 Å². The van der Waals surface area contributed by atoms with Crippen LogP contribution in [0.15, 0.2) is 54.7 Å². The van der Waals surface area contributed by atoms with Crippen LogP contribution >= 0.6 is 0 Å². The molecule has 0 spiro atoms. The number of rotatable bonds is 4. The Bertz CT molecular complexity index is 855. The van der Waals surface area contributed by atoms with Gasteiger partial charge in [-0.25, -0.2) is 4.39 Å². The molecular weight excluding hydrogens is 305 g/mol. The van der Waals surface area contributed by atoms with E-state index in [1.54, 1.807) is 12.1 Å². The summed E-state index contributed by atoms with van der Waals surface area (Å²) in [5.41, 5.74) is 4.02. The number of amides is 1. The van der Waals surface area contributed by atoms with Gasteiger partial charge in [-0.2, -0.15) is 5.10 Å². The maximum atomic E-state index is 13.0. The summed E-state index contributed by atoms with van der Waals surface area (Å²) in [7, 11) is 0. The van der Waals surface area contributed by atoms with Crippen LogP contribution in [0.1, 0.15) is 34.5 Å². The molecule has 0 radical (unpaired) electrons. The molecule has 0 unspecified atom stereocenters. The lowest BCUT2D eigenvalue weighted by Crippen LogP contribution is -2.26. The molecule has 1 aromatic heterocycles. The van der Waals surface area contributed by atoms with Crippen molar-refractivity contribution in [1.29, 1.82) is 0 Å². The van der Waals surface area contributed by atoms with Gasteiger partial charge in [-0.05, 0) is 37.6 Å². The molecule has 3 aromatic rings. The normalized spacial score (nSPS) is 12.0. The molecule has 2 aromatic carbocycles. The van der Waals surface area contributed by atoms with E-state index in [0.29, 0.717) is 11.3 Å². The van der Waals surface area contributed by atoms with Crippen LogP contribution in [0.5, 0.6) is 0 Å². The molecule has 3 rings (SSSR count). The fourth-order valence-corrected chi connectivity index (χ4v) is 2.59. The number of nitrogens with one attached hydrogen (secondary N) is 2. The van der Waals surface area contributed by atoms with E-state index in [1.807, 2.05) is 38.1 Å². The molecule has 0 aliphatic heterocycles. The highest BCUT2D eigenvalue weighted by Gasteiger charge is 2.17. The van der Waals surface area contributed by atoms with Crippen LogP contribution < -0.4 is 5.32 Å². The second kappa shape index (κ2) is 6.66. The summed E-state index contributed by atoms with van der Waals surface area (Å²) >= 11 is 0. The number of carbonyl (C=O) groups is 1. The lowest BCUT2D eigenvalue weighted by atomic mass is 10.0. The molecule has 1 heterocycles. The van der Waals surface area contributed by atoms with E-state index in [4.69, 9.17) is 0 Å². The van der Waals surface area contributed by atoms with Crippen molar-refractivity contribution < 1.29 is 9.18 Å². The summed E-state index contributed by atoms with van der Waals surface area (Å²) in [5, 5.41) is 9.82. The van der Waals surface area contributed by atoms with E-state index in [2.05, 4.69) is 15.5 Å². The number of aromatic amines is 1. The van der Waals surface area contributed by atoms with Crippen molar-refractivity contribution in [1.82, 2.24) is 15.5 Å². The van der Waals surface area contributed by atoms with Gasteiger partial charge in [-0.3, -0.25) is 9.89 Å². The first-order chi connectivity index (χ1) is 11.5. The molecule has 5 heteroatoms. The first-order valence-corrected chi connectivity index (χ1v) is 7.71. The van der Waals surface area contributed by atoms with Crippen molar-refractivity contribution in [2.75, 3.05) is 0 Å². The lowest BCUT2D eigenvalue weighted by Gasteiger charge is -2.14. The Morgan fingerprint density at radius 2 is 1.96 bits per heavy atom. The van der Waals surface area contributed by atoms with Gasteiger partial charge < -0.3 is 5.32 Å². The topological polar surface area (TPSA) is 57.8 Å². The van der Waals surface area contributed by atoms with Crippen LogP contribution in [-0.2, 0) is 0 Å². The van der Waals surface area contributed by atoms with Crippen LogP contribution in [0.4, 0.5) is 4.39 Å². The molecule has 0 aliphatic rings. The van der Waals surface area contributed by atoms with Gasteiger partial charge in [0, 0.05) is 5.56 Å². The highest BCUT2D eigenvalue weighted by molar-refractivity contribution is 5.99. The SMILES string of the molecule is Cc1cccc(-c2[nH]ncc2C(=O)N[C@@H](C)c2ccc(F)cc2)c1. The molecule has 1 atom stereocenters. The van der Waals surface area contributed by atoms with Crippen LogP contribution in [0.25, 0.3) is 11.3 Å². The summed E-state index contributed by atoms with van der Waals surface area (Å²) in [6.07, 6.45) is 1.52. The van der Waals surface area contributed by atoms with Gasteiger partial charge in [0.25, 0.3) is 5.91 Å². The molecule has 122 valence electrons. The van der Waals surface area contributed by atoms with Gasteiger partial charge in [0.1, 0.15) is 5.82 Å². The minimum absolute atomic E-state index is 0.225. The number of benzene rings is 2. The Balaban J connectivity index is 1.81. The maximum Gasteiger partial charge on any atom is 0.255 e. The number of aromatic nitrogens is 2. The van der Waals surface area contributed by atoms with E-state index in [1.165, 1.54) is 18.3 Å². The van der Waals surface area contributed by atoms with Gasteiger partial charge in [0.2, 0.25) is 0 Å². The molecule has 0 bridgehead atoms. The minimum atomic E-state index is -0.297. The number of nitrogens with zero attached hydrogens (tertiary/aromatic N) is 1. The quantitative estimate of drug-likeness (QED) is 0.762. The van der Waals surface area contributed by atoms with Crippen LogP contribution in [-0.4, -0.2) is 16.1 Å². The number of hydrogen-bond acceptors (Lipinski definition) is 2. The van der Waals surface area contributed by atoms with E-state index in [0.717, 1.165) is 16.7 Å². The van der Waals surface area contributed by atoms with E-state index < -0.39 is 0 Å². The largest absolute Gasteiger partial charge is 0.345 e. The highest BCUT2D eigenvalue weighted by Crippen LogP contribution is 2.23. The molecule has 0 saturated heterocycles. The van der Waals surface area contributed by atoms with E-state index >= 15 is 0 Å². The number of H-pyrrole nitrogens is 1. The molecule has 0 fully saturated rings. The molecular formula is C19H18FN3O. The first-order valence-electron chi connectivity index (χ1n) is 7.71. The van der Waals surface area contributed by atoms with Gasteiger partial charge in [0.05, 0.1) is 23.5 Å². The monoisotopic (exact) mass is 323 g/mol. The van der Waals surface area contributed by atoms with Crippen molar-refractivity contribution in [2.45, 2.75) is 19.9 Å². The summed E-state index contributed by atoms with van der Waals surface area (Å²) in [5.74, 6) is -0.522. The third-order valence-corrected chi connectivity index (χ3v) is 3.91. The van der Waals surface area contributed by atoms with Crippen LogP contribution in [0, 0.1) is 12.7 Å². The molecule has 24 heavy (non-hydrogen) atoms. The van der Waals surface area contributed by atoms with Crippen molar-refractivity contribution >= 4 is 5.91 Å². The van der Waals surface area contributed by atoms with Crippen LogP contribution in [0.3, 0.4) is 0 Å². The average molecular weight is 323 g/mol. The number of aryl methyl sites for hydroxylation is 1. The summed E-state index contributed by atoms with van der Waals surface area (Å²) in [6, 6.07) is 13.7. The Morgan fingerprint density at radius 1 is 1.21 bits per heavy atom. The highest BCUT2D eigenvalue weighted by atomic mass is 19.1. The zero-order valence-electron chi connectivity index (χ0n) is 13.5. The molecule has 4 nitrogen and oxygen atoms in total. The van der Waals surface area contributed by atoms with Gasteiger partial charge in [-0.1, -0.05) is 35.9 Å². The maximum absolute atomic E-state index is 13.0.